The summed E-state index contributed by atoms with van der Waals surface area (Å²) in [6, 6.07) is 7.13. The molecule has 3 aliphatic heterocycles. The minimum absolute atomic E-state index is 0.0298. The molecule has 6 rings (SSSR count). The first-order chi connectivity index (χ1) is 17.9. The van der Waals surface area contributed by atoms with Gasteiger partial charge in [-0.2, -0.15) is 0 Å². The van der Waals surface area contributed by atoms with Crippen molar-refractivity contribution in [2.75, 3.05) is 47.9 Å². The zero-order chi connectivity index (χ0) is 25.9. The lowest BCUT2D eigenvalue weighted by Gasteiger charge is -2.53. The highest BCUT2D eigenvalue weighted by Gasteiger charge is 2.66. The van der Waals surface area contributed by atoms with Crippen molar-refractivity contribution in [2.24, 2.45) is 11.8 Å². The van der Waals surface area contributed by atoms with Crippen LogP contribution in [0.25, 0.3) is 0 Å². The Morgan fingerprint density at radius 1 is 0.892 bits per heavy atom. The number of cyclic esters (lactones) is 1. The fraction of sp³-hybridized carbons (Fsp3) is 0.519. The van der Waals surface area contributed by atoms with E-state index < -0.39 is 34.9 Å². The number of aliphatic hydroxyl groups is 2. The molecule has 2 N–H and O–H groups in total. The van der Waals surface area contributed by atoms with Crippen LogP contribution < -0.4 is 23.7 Å². The van der Waals surface area contributed by atoms with E-state index in [0.29, 0.717) is 58.7 Å². The largest absolute Gasteiger partial charge is 0.493 e. The van der Waals surface area contributed by atoms with E-state index >= 15 is 0 Å². The van der Waals surface area contributed by atoms with Crippen molar-refractivity contribution in [3.63, 3.8) is 0 Å². The van der Waals surface area contributed by atoms with Crippen LogP contribution in [0, 0.1) is 11.8 Å². The number of carbonyl (C=O) groups is 1. The maximum Gasteiger partial charge on any atom is 0.310 e. The first kappa shape index (κ1) is 24.1. The Balaban J connectivity index is 1.63. The van der Waals surface area contributed by atoms with Crippen molar-refractivity contribution < 1.29 is 48.2 Å². The SMILES string of the molecule is COc1cc([C@@H]2c3cc4c(cc3[C@](O)(C3(O)CCOCC3)[C@H]3COC(=O)[C@@H]23)OCO4)cc(OC)c1OC. The molecule has 10 heteroatoms. The van der Waals surface area contributed by atoms with Gasteiger partial charge in [-0.3, -0.25) is 4.79 Å². The maximum absolute atomic E-state index is 13.4. The third kappa shape index (κ3) is 3.32. The molecular formula is C27H30O10. The molecule has 0 saturated carbocycles. The van der Waals surface area contributed by atoms with Crippen LogP contribution in [0.2, 0.25) is 0 Å². The molecule has 2 fully saturated rings. The highest BCUT2D eigenvalue weighted by Crippen LogP contribution is 2.61. The van der Waals surface area contributed by atoms with E-state index in [4.69, 9.17) is 33.2 Å². The second-order valence-electron chi connectivity index (χ2n) is 9.90. The van der Waals surface area contributed by atoms with Gasteiger partial charge in [0.15, 0.2) is 23.0 Å². The zero-order valence-corrected chi connectivity index (χ0v) is 20.9. The van der Waals surface area contributed by atoms with Gasteiger partial charge in [-0.15, -0.1) is 0 Å². The van der Waals surface area contributed by atoms with Crippen molar-refractivity contribution in [1.29, 1.82) is 0 Å². The van der Waals surface area contributed by atoms with E-state index in [2.05, 4.69) is 0 Å². The molecule has 198 valence electrons. The lowest BCUT2D eigenvalue weighted by molar-refractivity contribution is -0.228. The van der Waals surface area contributed by atoms with E-state index in [1.54, 1.807) is 24.3 Å². The highest BCUT2D eigenvalue weighted by molar-refractivity contribution is 5.79. The summed E-state index contributed by atoms with van der Waals surface area (Å²) in [5, 5.41) is 24.5. The summed E-state index contributed by atoms with van der Waals surface area (Å²) in [5.41, 5.74) is -1.49. The molecule has 10 nitrogen and oxygen atoms in total. The zero-order valence-electron chi connectivity index (χ0n) is 20.9. The fourth-order valence-corrected chi connectivity index (χ4v) is 6.58. The van der Waals surface area contributed by atoms with Crippen molar-refractivity contribution in [3.05, 3.63) is 41.0 Å². The highest BCUT2D eigenvalue weighted by atomic mass is 16.7. The molecule has 4 atom stereocenters. The normalized spacial score (nSPS) is 29.2. The molecule has 0 bridgehead atoms. The Hall–Kier alpha value is -3.21. The van der Waals surface area contributed by atoms with E-state index in [9.17, 15) is 15.0 Å². The summed E-state index contributed by atoms with van der Waals surface area (Å²) in [5.74, 6) is -0.232. The number of carbonyl (C=O) groups excluding carboxylic acids is 1. The number of benzene rings is 2. The van der Waals surface area contributed by atoms with E-state index in [-0.39, 0.29) is 26.2 Å². The minimum Gasteiger partial charge on any atom is -0.493 e. The van der Waals surface area contributed by atoms with Crippen molar-refractivity contribution in [1.82, 2.24) is 0 Å². The second kappa shape index (κ2) is 8.68. The van der Waals surface area contributed by atoms with Gasteiger partial charge in [0.25, 0.3) is 0 Å². The van der Waals surface area contributed by atoms with Gasteiger partial charge in [0.2, 0.25) is 12.5 Å². The average Bonchev–Trinajstić information content (AvgIpc) is 3.54. The molecule has 37 heavy (non-hydrogen) atoms. The molecule has 2 saturated heterocycles. The van der Waals surface area contributed by atoms with Crippen LogP contribution in [0.5, 0.6) is 28.7 Å². The molecule has 0 spiro atoms. The number of rotatable bonds is 5. The van der Waals surface area contributed by atoms with Crippen LogP contribution in [0.4, 0.5) is 0 Å². The number of esters is 1. The average molecular weight is 515 g/mol. The van der Waals surface area contributed by atoms with Gasteiger partial charge in [0.1, 0.15) is 11.2 Å². The lowest BCUT2D eigenvalue weighted by atomic mass is 9.55. The molecule has 4 aliphatic rings. The van der Waals surface area contributed by atoms with E-state index in [1.807, 2.05) is 0 Å². The monoisotopic (exact) mass is 514 g/mol. The quantitative estimate of drug-likeness (QED) is 0.574. The number of ether oxygens (including phenoxy) is 7. The van der Waals surface area contributed by atoms with Crippen LogP contribution in [-0.4, -0.2) is 69.7 Å². The third-order valence-corrected chi connectivity index (χ3v) is 8.37. The summed E-state index contributed by atoms with van der Waals surface area (Å²) in [6.07, 6.45) is 0.424. The summed E-state index contributed by atoms with van der Waals surface area (Å²) >= 11 is 0. The van der Waals surface area contributed by atoms with Gasteiger partial charge in [0.05, 0.1) is 33.9 Å². The third-order valence-electron chi connectivity index (χ3n) is 8.37. The molecule has 1 aliphatic carbocycles. The van der Waals surface area contributed by atoms with E-state index in [1.165, 1.54) is 21.3 Å². The van der Waals surface area contributed by atoms with Gasteiger partial charge in [-0.05, 0) is 41.0 Å². The van der Waals surface area contributed by atoms with Crippen LogP contribution in [0.3, 0.4) is 0 Å². The van der Waals surface area contributed by atoms with Gasteiger partial charge < -0.3 is 43.4 Å². The fourth-order valence-electron chi connectivity index (χ4n) is 6.58. The van der Waals surface area contributed by atoms with Crippen molar-refractivity contribution in [3.8, 4) is 28.7 Å². The van der Waals surface area contributed by atoms with Gasteiger partial charge >= 0.3 is 5.97 Å². The topological polar surface area (TPSA) is 122 Å². The Labute approximate surface area is 213 Å². The van der Waals surface area contributed by atoms with Crippen LogP contribution >= 0.6 is 0 Å². The van der Waals surface area contributed by atoms with Gasteiger partial charge in [0, 0.05) is 37.9 Å². The summed E-state index contributed by atoms with van der Waals surface area (Å²) in [6.45, 7) is 0.596. The van der Waals surface area contributed by atoms with Crippen LogP contribution in [-0.2, 0) is 19.9 Å². The standard InChI is InChI=1S/C27H30O10/c1-31-20-8-14(9-21(32-2)24(20)33-3)22-15-10-18-19(37-13-36-18)11-16(15)27(30,17-12-35-25(28)23(17)22)26(29)4-6-34-7-5-26/h8-11,17,22-23,29-30H,4-7,12-13H2,1-3H3/t17-,22+,23+,27+/m0/s1. The summed E-state index contributed by atoms with van der Waals surface area (Å²) in [7, 11) is 4.58. The maximum atomic E-state index is 13.4. The van der Waals surface area contributed by atoms with Gasteiger partial charge in [-0.1, -0.05) is 0 Å². The molecule has 0 amide bonds. The molecule has 0 radical (unpaired) electrons. The Morgan fingerprint density at radius 3 is 2.16 bits per heavy atom. The van der Waals surface area contributed by atoms with Crippen LogP contribution in [0.15, 0.2) is 24.3 Å². The molecular weight excluding hydrogens is 484 g/mol. The second-order valence-corrected chi connectivity index (χ2v) is 9.90. The van der Waals surface area contributed by atoms with Crippen molar-refractivity contribution in [2.45, 2.75) is 30.0 Å². The Morgan fingerprint density at radius 2 is 1.54 bits per heavy atom. The number of hydrogen-bond acceptors (Lipinski definition) is 10. The summed E-state index contributed by atoms with van der Waals surface area (Å²) in [4.78, 5) is 13.4. The minimum atomic E-state index is -1.79. The molecule has 2 aromatic rings. The number of hydrogen-bond donors (Lipinski definition) is 2. The first-order valence-electron chi connectivity index (χ1n) is 12.3. The smallest absolute Gasteiger partial charge is 0.310 e. The molecule has 0 aromatic heterocycles. The summed E-state index contributed by atoms with van der Waals surface area (Å²) < 4.78 is 39.1. The molecule has 0 unspecified atom stereocenters. The molecule has 3 heterocycles. The first-order valence-corrected chi connectivity index (χ1v) is 12.3. The number of fused-ring (bicyclic) bond motifs is 3. The Bertz CT molecular complexity index is 1210. The van der Waals surface area contributed by atoms with Gasteiger partial charge in [-0.25, -0.2) is 0 Å². The van der Waals surface area contributed by atoms with Crippen LogP contribution in [0.1, 0.15) is 35.4 Å². The lowest BCUT2D eigenvalue weighted by Crippen LogP contribution is -2.62. The van der Waals surface area contributed by atoms with E-state index in [0.717, 1.165) is 0 Å². The van der Waals surface area contributed by atoms with Crippen molar-refractivity contribution >= 4 is 5.97 Å². The Kier molecular flexibility index (Phi) is 5.66. The molecule has 2 aromatic carbocycles. The predicted octanol–water partition coefficient (Wildman–Crippen LogP) is 2.10. The number of methoxy groups -OCH3 is 3. The predicted molar refractivity (Wildman–Crippen MR) is 127 cm³/mol.